The molecule has 1 aromatic heterocycles. The molecule has 0 saturated carbocycles. The van der Waals surface area contributed by atoms with Gasteiger partial charge in [-0.25, -0.2) is 4.39 Å². The molecule has 2 amide bonds. The summed E-state index contributed by atoms with van der Waals surface area (Å²) in [5.74, 6) is -1.64. The van der Waals surface area contributed by atoms with Gasteiger partial charge in [-0.1, -0.05) is 11.6 Å². The van der Waals surface area contributed by atoms with E-state index in [9.17, 15) is 27.2 Å². The molecule has 0 N–H and O–H groups in total. The number of aromatic nitrogens is 2. The van der Waals surface area contributed by atoms with Gasteiger partial charge in [-0.2, -0.15) is 18.3 Å². The van der Waals surface area contributed by atoms with Crippen molar-refractivity contribution in [2.75, 3.05) is 26.2 Å². The molecule has 28 heavy (non-hydrogen) atoms. The highest BCUT2D eigenvalue weighted by atomic mass is 35.5. The Hall–Kier alpha value is -2.62. The van der Waals surface area contributed by atoms with Crippen LogP contribution in [0.2, 0.25) is 5.02 Å². The van der Waals surface area contributed by atoms with Gasteiger partial charge < -0.3 is 9.80 Å². The Morgan fingerprint density at radius 3 is 2.32 bits per heavy atom. The maximum Gasteiger partial charge on any atom is 0.435 e. The van der Waals surface area contributed by atoms with Crippen LogP contribution in [-0.2, 0) is 17.5 Å². The van der Waals surface area contributed by atoms with Crippen LogP contribution in [-0.4, -0.2) is 57.6 Å². The summed E-state index contributed by atoms with van der Waals surface area (Å²) in [6.45, 7) is 0.361. The molecule has 0 bridgehead atoms. The van der Waals surface area contributed by atoms with Crippen LogP contribution in [0.5, 0.6) is 0 Å². The molecule has 2 heterocycles. The molecule has 11 heteroatoms. The second-order valence-corrected chi connectivity index (χ2v) is 6.63. The summed E-state index contributed by atoms with van der Waals surface area (Å²) in [7, 11) is 0. The van der Waals surface area contributed by atoms with Gasteiger partial charge in [-0.3, -0.25) is 14.3 Å². The van der Waals surface area contributed by atoms with E-state index in [0.717, 1.165) is 23.0 Å². The van der Waals surface area contributed by atoms with Gasteiger partial charge in [0, 0.05) is 37.4 Å². The Morgan fingerprint density at radius 2 is 1.71 bits per heavy atom. The van der Waals surface area contributed by atoms with Crippen LogP contribution in [0.15, 0.2) is 30.5 Å². The van der Waals surface area contributed by atoms with Gasteiger partial charge >= 0.3 is 6.18 Å². The summed E-state index contributed by atoms with van der Waals surface area (Å²) in [5, 5.41) is 3.58. The first-order valence-corrected chi connectivity index (χ1v) is 8.65. The number of hydrogen-bond acceptors (Lipinski definition) is 3. The van der Waals surface area contributed by atoms with Gasteiger partial charge in [0.05, 0.1) is 5.56 Å². The fraction of sp³-hybridized carbons (Fsp3) is 0.353. The number of halogens is 5. The highest BCUT2D eigenvalue weighted by Crippen LogP contribution is 2.27. The van der Waals surface area contributed by atoms with E-state index in [0.29, 0.717) is 0 Å². The molecule has 3 rings (SSSR count). The van der Waals surface area contributed by atoms with Crippen molar-refractivity contribution in [2.45, 2.75) is 12.7 Å². The first kappa shape index (κ1) is 20.1. The zero-order valence-corrected chi connectivity index (χ0v) is 15.2. The Balaban J connectivity index is 1.57. The minimum atomic E-state index is -4.57. The van der Waals surface area contributed by atoms with Crippen LogP contribution in [0.4, 0.5) is 17.6 Å². The van der Waals surface area contributed by atoms with E-state index in [-0.39, 0.29) is 43.3 Å². The van der Waals surface area contributed by atoms with Gasteiger partial charge in [-0.15, -0.1) is 0 Å². The normalized spacial score (nSPS) is 15.0. The smallest absolute Gasteiger partial charge is 0.338 e. The van der Waals surface area contributed by atoms with Crippen molar-refractivity contribution in [2.24, 2.45) is 0 Å². The van der Waals surface area contributed by atoms with Crippen molar-refractivity contribution in [3.05, 3.63) is 52.6 Å². The Morgan fingerprint density at radius 1 is 1.07 bits per heavy atom. The fourth-order valence-corrected chi connectivity index (χ4v) is 3.00. The number of hydrogen-bond donors (Lipinski definition) is 0. The topological polar surface area (TPSA) is 58.4 Å². The molecule has 1 saturated heterocycles. The molecule has 2 aromatic rings. The predicted molar refractivity (Wildman–Crippen MR) is 91.1 cm³/mol. The number of carbonyl (C=O) groups excluding carboxylic acids is 2. The van der Waals surface area contributed by atoms with Crippen LogP contribution < -0.4 is 0 Å². The average molecular weight is 419 g/mol. The molecule has 1 fully saturated rings. The summed E-state index contributed by atoms with van der Waals surface area (Å²) < 4.78 is 52.5. The molecule has 6 nitrogen and oxygen atoms in total. The van der Waals surface area contributed by atoms with Crippen molar-refractivity contribution in [1.82, 2.24) is 19.6 Å². The van der Waals surface area contributed by atoms with E-state index < -0.39 is 29.5 Å². The number of amides is 2. The monoisotopic (exact) mass is 418 g/mol. The molecule has 1 aliphatic heterocycles. The molecule has 0 spiro atoms. The minimum Gasteiger partial charge on any atom is -0.338 e. The third-order valence-corrected chi connectivity index (χ3v) is 4.54. The highest BCUT2D eigenvalue weighted by Gasteiger charge is 2.34. The lowest BCUT2D eigenvalue weighted by Crippen LogP contribution is -2.51. The van der Waals surface area contributed by atoms with Crippen molar-refractivity contribution in [3.8, 4) is 0 Å². The quantitative estimate of drug-likeness (QED) is 0.720. The van der Waals surface area contributed by atoms with E-state index >= 15 is 0 Å². The molecule has 0 atom stereocenters. The van der Waals surface area contributed by atoms with Crippen LogP contribution in [0.25, 0.3) is 0 Å². The molecule has 0 radical (unpaired) electrons. The van der Waals surface area contributed by atoms with Crippen LogP contribution in [0, 0.1) is 5.82 Å². The van der Waals surface area contributed by atoms with Gasteiger partial charge in [0.25, 0.3) is 5.91 Å². The third-order valence-electron chi connectivity index (χ3n) is 4.31. The third kappa shape index (κ3) is 4.44. The summed E-state index contributed by atoms with van der Waals surface area (Å²) in [5.41, 5.74) is -1.22. The first-order chi connectivity index (χ1) is 13.1. The number of piperazine rings is 1. The number of benzene rings is 1. The largest absolute Gasteiger partial charge is 0.435 e. The maximum atomic E-state index is 13.8. The fourth-order valence-electron chi connectivity index (χ4n) is 2.83. The molecule has 1 aliphatic rings. The SMILES string of the molecule is O=C(Cn1ccc(C(F)(F)F)n1)N1CCN(C(=O)c2cc(Cl)ccc2F)CC1. The average Bonchev–Trinajstić information content (AvgIpc) is 3.12. The van der Waals surface area contributed by atoms with E-state index in [2.05, 4.69) is 5.10 Å². The lowest BCUT2D eigenvalue weighted by Gasteiger charge is -2.34. The van der Waals surface area contributed by atoms with E-state index in [1.807, 2.05) is 0 Å². The number of carbonyl (C=O) groups is 2. The van der Waals surface area contributed by atoms with Crippen molar-refractivity contribution < 1.29 is 27.2 Å². The zero-order valence-electron chi connectivity index (χ0n) is 14.4. The summed E-state index contributed by atoms with van der Waals surface area (Å²) in [4.78, 5) is 27.5. The summed E-state index contributed by atoms with van der Waals surface area (Å²) >= 11 is 5.80. The van der Waals surface area contributed by atoms with Crippen molar-refractivity contribution in [3.63, 3.8) is 0 Å². The molecule has 0 unspecified atom stereocenters. The Kier molecular flexibility index (Phi) is 5.59. The van der Waals surface area contributed by atoms with Gasteiger partial charge in [0.1, 0.15) is 12.4 Å². The minimum absolute atomic E-state index is 0.150. The Bertz CT molecular complexity index is 892. The predicted octanol–water partition coefficient (Wildman–Crippen LogP) is 2.68. The van der Waals surface area contributed by atoms with Crippen LogP contribution in [0.3, 0.4) is 0 Å². The molecular weight excluding hydrogens is 404 g/mol. The second kappa shape index (κ2) is 7.78. The zero-order chi connectivity index (χ0) is 20.5. The van der Waals surface area contributed by atoms with Crippen LogP contribution in [0.1, 0.15) is 16.1 Å². The van der Waals surface area contributed by atoms with Crippen molar-refractivity contribution >= 4 is 23.4 Å². The van der Waals surface area contributed by atoms with E-state index in [1.165, 1.54) is 21.9 Å². The first-order valence-electron chi connectivity index (χ1n) is 8.28. The Labute approximate surface area is 162 Å². The summed E-state index contributed by atoms with van der Waals surface area (Å²) in [6.07, 6.45) is -3.49. The second-order valence-electron chi connectivity index (χ2n) is 6.19. The highest BCUT2D eigenvalue weighted by molar-refractivity contribution is 6.31. The van der Waals surface area contributed by atoms with Gasteiger partial charge in [0.15, 0.2) is 5.69 Å². The van der Waals surface area contributed by atoms with E-state index in [4.69, 9.17) is 11.6 Å². The molecule has 0 aliphatic carbocycles. The molecular formula is C17H15ClF4N4O2. The van der Waals surface area contributed by atoms with Gasteiger partial charge in [-0.05, 0) is 24.3 Å². The number of alkyl halides is 3. The van der Waals surface area contributed by atoms with Crippen LogP contribution >= 0.6 is 11.6 Å². The molecule has 150 valence electrons. The van der Waals surface area contributed by atoms with E-state index in [1.54, 1.807) is 0 Å². The summed E-state index contributed by atoms with van der Waals surface area (Å²) in [6, 6.07) is 4.48. The lowest BCUT2D eigenvalue weighted by atomic mass is 10.1. The van der Waals surface area contributed by atoms with Gasteiger partial charge in [0.2, 0.25) is 5.91 Å². The standard InChI is InChI=1S/C17H15ClF4N4O2/c18-11-1-2-13(19)12(9-11)16(28)25-7-5-24(6-8-25)15(27)10-26-4-3-14(23-26)17(20,21)22/h1-4,9H,5-8,10H2. The van der Waals surface area contributed by atoms with Crippen molar-refractivity contribution in [1.29, 1.82) is 0 Å². The molecule has 1 aromatic carbocycles. The number of rotatable bonds is 3. The lowest BCUT2D eigenvalue weighted by molar-refractivity contribution is -0.142. The maximum absolute atomic E-state index is 13.8. The number of nitrogens with zero attached hydrogens (tertiary/aromatic N) is 4.